The third-order valence-electron chi connectivity index (χ3n) is 2.63. The summed E-state index contributed by atoms with van der Waals surface area (Å²) in [6, 6.07) is 8.13. The summed E-state index contributed by atoms with van der Waals surface area (Å²) in [5, 5.41) is 8.59. The Morgan fingerprint density at radius 2 is 2.11 bits per heavy atom. The Kier molecular flexibility index (Phi) is 3.48. The van der Waals surface area contributed by atoms with E-state index in [1.54, 1.807) is 24.3 Å². The van der Waals surface area contributed by atoms with Crippen LogP contribution in [0.25, 0.3) is 0 Å². The zero-order valence-electron chi connectivity index (χ0n) is 10.00. The zero-order valence-corrected chi connectivity index (χ0v) is 10.00. The van der Waals surface area contributed by atoms with Crippen LogP contribution in [0.4, 0.5) is 10.5 Å². The molecule has 0 atom stereocenters. The monoisotopic (exact) mass is 257 g/mol. The third kappa shape index (κ3) is 2.72. The van der Waals surface area contributed by atoms with Crippen molar-refractivity contribution in [1.82, 2.24) is 0 Å². The van der Waals surface area contributed by atoms with Crippen molar-refractivity contribution in [3.8, 4) is 6.07 Å². The van der Waals surface area contributed by atoms with Crippen molar-refractivity contribution in [2.75, 3.05) is 11.5 Å². The van der Waals surface area contributed by atoms with Gasteiger partial charge in [0, 0.05) is 6.08 Å². The number of benzene rings is 1. The summed E-state index contributed by atoms with van der Waals surface area (Å²) in [4.78, 5) is 23.7. The number of amides is 2. The standard InChI is InChI=1S/C13H11N3O3/c14-6-5-9-1-3-10(4-2-9)16(13(15)18)11-7-12(17)19-8-11/h1-4,7H,5,8H2,(H2,15,18). The Balaban J connectivity index is 2.30. The lowest BCUT2D eigenvalue weighted by atomic mass is 10.1. The lowest BCUT2D eigenvalue weighted by Crippen LogP contribution is -2.35. The van der Waals surface area contributed by atoms with E-state index < -0.39 is 12.0 Å². The summed E-state index contributed by atoms with van der Waals surface area (Å²) in [5.74, 6) is -0.498. The summed E-state index contributed by atoms with van der Waals surface area (Å²) in [6.07, 6.45) is 1.52. The van der Waals surface area contributed by atoms with Crippen molar-refractivity contribution < 1.29 is 14.3 Å². The van der Waals surface area contributed by atoms with Gasteiger partial charge in [-0.2, -0.15) is 5.26 Å². The lowest BCUT2D eigenvalue weighted by molar-refractivity contribution is -0.134. The predicted octanol–water partition coefficient (Wildman–Crippen LogP) is 1.08. The van der Waals surface area contributed by atoms with Crippen LogP contribution in [0.1, 0.15) is 5.56 Å². The van der Waals surface area contributed by atoms with Crippen LogP contribution in [-0.4, -0.2) is 18.6 Å². The minimum atomic E-state index is -0.697. The molecule has 1 aliphatic heterocycles. The molecule has 0 bridgehead atoms. The smallest absolute Gasteiger partial charge is 0.333 e. The van der Waals surface area contributed by atoms with Gasteiger partial charge in [-0.1, -0.05) is 12.1 Å². The summed E-state index contributed by atoms with van der Waals surface area (Å²) < 4.78 is 4.76. The maximum absolute atomic E-state index is 11.5. The van der Waals surface area contributed by atoms with E-state index in [4.69, 9.17) is 15.7 Å². The van der Waals surface area contributed by atoms with Crippen molar-refractivity contribution in [3.63, 3.8) is 0 Å². The molecule has 6 heteroatoms. The number of carbonyl (C=O) groups is 2. The number of primary amides is 1. The Morgan fingerprint density at radius 3 is 2.58 bits per heavy atom. The molecule has 0 spiro atoms. The quantitative estimate of drug-likeness (QED) is 0.819. The SMILES string of the molecule is N#CCc1ccc(N(C(N)=O)C2=CC(=O)OC2)cc1. The van der Waals surface area contributed by atoms with E-state index in [0.717, 1.165) is 5.56 Å². The van der Waals surface area contributed by atoms with Gasteiger partial charge < -0.3 is 10.5 Å². The Morgan fingerprint density at radius 1 is 1.42 bits per heavy atom. The molecule has 2 amide bonds. The van der Waals surface area contributed by atoms with Crippen LogP contribution in [0.5, 0.6) is 0 Å². The van der Waals surface area contributed by atoms with Gasteiger partial charge in [0.1, 0.15) is 6.61 Å². The molecule has 0 unspecified atom stereocenters. The normalized spacial score (nSPS) is 13.4. The van der Waals surface area contributed by atoms with Gasteiger partial charge in [0.2, 0.25) is 0 Å². The molecular formula is C13H11N3O3. The number of hydrogen-bond donors (Lipinski definition) is 1. The molecule has 19 heavy (non-hydrogen) atoms. The Labute approximate surface area is 109 Å². The average Bonchev–Trinajstić information content (AvgIpc) is 2.78. The van der Waals surface area contributed by atoms with Gasteiger partial charge in [-0.15, -0.1) is 0 Å². The van der Waals surface area contributed by atoms with Gasteiger partial charge in [0.05, 0.1) is 23.9 Å². The highest BCUT2D eigenvalue weighted by molar-refractivity contribution is 5.97. The lowest BCUT2D eigenvalue weighted by Gasteiger charge is -2.20. The molecule has 0 radical (unpaired) electrons. The number of carbonyl (C=O) groups excluding carboxylic acids is 2. The number of nitrogens with zero attached hydrogens (tertiary/aromatic N) is 2. The number of cyclic esters (lactones) is 1. The molecule has 1 aliphatic rings. The Hall–Kier alpha value is -2.81. The maximum Gasteiger partial charge on any atom is 0.333 e. The summed E-state index contributed by atoms with van der Waals surface area (Å²) in [6.45, 7) is 0.0156. The van der Waals surface area contributed by atoms with Crippen LogP contribution in [0.15, 0.2) is 36.0 Å². The fraction of sp³-hybridized carbons (Fsp3) is 0.154. The van der Waals surface area contributed by atoms with Gasteiger partial charge in [-0.3, -0.25) is 4.90 Å². The van der Waals surface area contributed by atoms with Crippen LogP contribution in [0.3, 0.4) is 0 Å². The zero-order chi connectivity index (χ0) is 13.8. The van der Waals surface area contributed by atoms with Crippen LogP contribution in [0.2, 0.25) is 0 Å². The molecule has 6 nitrogen and oxygen atoms in total. The van der Waals surface area contributed by atoms with Crippen LogP contribution in [0, 0.1) is 11.3 Å². The van der Waals surface area contributed by atoms with Crippen molar-refractivity contribution in [3.05, 3.63) is 41.6 Å². The second-order valence-electron chi connectivity index (χ2n) is 3.92. The molecule has 0 aliphatic carbocycles. The summed E-state index contributed by atoms with van der Waals surface area (Å²) >= 11 is 0. The molecule has 0 saturated carbocycles. The molecule has 1 heterocycles. The first kappa shape index (κ1) is 12.6. The van der Waals surface area contributed by atoms with Gasteiger partial charge in [-0.25, -0.2) is 9.59 Å². The second-order valence-corrected chi connectivity index (χ2v) is 3.92. The molecule has 1 aromatic carbocycles. The molecular weight excluding hydrogens is 246 g/mol. The first-order valence-corrected chi connectivity index (χ1v) is 5.54. The van der Waals surface area contributed by atoms with E-state index in [2.05, 4.69) is 0 Å². The number of anilines is 1. The van der Waals surface area contributed by atoms with E-state index in [9.17, 15) is 9.59 Å². The molecule has 0 aromatic heterocycles. The van der Waals surface area contributed by atoms with E-state index in [-0.39, 0.29) is 6.61 Å². The fourth-order valence-electron chi connectivity index (χ4n) is 1.78. The van der Waals surface area contributed by atoms with Gasteiger partial charge in [-0.05, 0) is 17.7 Å². The van der Waals surface area contributed by atoms with Crippen LogP contribution in [-0.2, 0) is 16.0 Å². The van der Waals surface area contributed by atoms with Gasteiger partial charge in [0.15, 0.2) is 0 Å². The highest BCUT2D eigenvalue weighted by atomic mass is 16.5. The fourth-order valence-corrected chi connectivity index (χ4v) is 1.78. The molecule has 0 fully saturated rings. The topological polar surface area (TPSA) is 96.4 Å². The summed E-state index contributed by atoms with van der Waals surface area (Å²) in [7, 11) is 0. The van der Waals surface area contributed by atoms with Crippen LogP contribution >= 0.6 is 0 Å². The number of rotatable bonds is 3. The van der Waals surface area contributed by atoms with E-state index in [0.29, 0.717) is 17.8 Å². The molecule has 0 saturated heterocycles. The average molecular weight is 257 g/mol. The summed E-state index contributed by atoms with van der Waals surface area (Å²) in [5.41, 5.74) is 7.07. The number of ether oxygens (including phenoxy) is 1. The first-order valence-electron chi connectivity index (χ1n) is 5.54. The first-order chi connectivity index (χ1) is 9.11. The number of esters is 1. The minimum Gasteiger partial charge on any atom is -0.456 e. The minimum absolute atomic E-state index is 0.0156. The van der Waals surface area contributed by atoms with E-state index in [1.807, 2.05) is 6.07 Å². The third-order valence-corrected chi connectivity index (χ3v) is 2.63. The molecule has 2 N–H and O–H groups in total. The number of urea groups is 1. The van der Waals surface area contributed by atoms with Crippen molar-refractivity contribution in [2.24, 2.45) is 5.73 Å². The van der Waals surface area contributed by atoms with Gasteiger partial charge in [0.25, 0.3) is 0 Å². The van der Waals surface area contributed by atoms with E-state index in [1.165, 1.54) is 11.0 Å². The van der Waals surface area contributed by atoms with E-state index >= 15 is 0 Å². The van der Waals surface area contributed by atoms with Crippen molar-refractivity contribution in [1.29, 1.82) is 5.26 Å². The van der Waals surface area contributed by atoms with Crippen molar-refractivity contribution >= 4 is 17.7 Å². The van der Waals surface area contributed by atoms with Crippen LogP contribution < -0.4 is 10.6 Å². The predicted molar refractivity (Wildman–Crippen MR) is 66.9 cm³/mol. The number of nitrogens with two attached hydrogens (primary N) is 1. The van der Waals surface area contributed by atoms with Crippen molar-refractivity contribution in [2.45, 2.75) is 6.42 Å². The largest absolute Gasteiger partial charge is 0.456 e. The highest BCUT2D eigenvalue weighted by Gasteiger charge is 2.24. The second kappa shape index (κ2) is 5.23. The Bertz CT molecular complexity index is 584. The molecule has 96 valence electrons. The molecule has 1 aromatic rings. The number of hydrogen-bond acceptors (Lipinski definition) is 4. The number of nitriles is 1. The van der Waals surface area contributed by atoms with Gasteiger partial charge >= 0.3 is 12.0 Å². The maximum atomic E-state index is 11.5. The highest BCUT2D eigenvalue weighted by Crippen LogP contribution is 2.22. The molecule has 2 rings (SSSR count).